The Morgan fingerprint density at radius 1 is 1.04 bits per heavy atom. The van der Waals surface area contributed by atoms with Crippen LogP contribution in [-0.4, -0.2) is 26.3 Å². The first-order valence-electron chi connectivity index (χ1n) is 8.56. The third kappa shape index (κ3) is 4.90. The SMILES string of the molecule is Cc1cc(C)cc(S(C)(=O)=NC(=O)c2cncc(C#Cc3ccccn3)c2)c1. The number of hydrogen-bond donors (Lipinski definition) is 0. The Balaban J connectivity index is 1.91. The maximum Gasteiger partial charge on any atom is 0.286 e. The van der Waals surface area contributed by atoms with Crippen LogP contribution in [0.1, 0.15) is 32.7 Å². The second kappa shape index (κ2) is 8.15. The van der Waals surface area contributed by atoms with Crippen LogP contribution in [-0.2, 0) is 9.73 Å². The van der Waals surface area contributed by atoms with E-state index in [1.807, 2.05) is 32.0 Å². The van der Waals surface area contributed by atoms with Crippen LogP contribution in [0.2, 0.25) is 0 Å². The lowest BCUT2D eigenvalue weighted by molar-refractivity contribution is 0.100. The zero-order valence-electron chi connectivity index (χ0n) is 15.8. The minimum Gasteiger partial charge on any atom is -0.266 e. The Kier molecular flexibility index (Phi) is 5.67. The molecule has 0 radical (unpaired) electrons. The monoisotopic (exact) mass is 389 g/mol. The van der Waals surface area contributed by atoms with Crippen molar-refractivity contribution in [3.63, 3.8) is 0 Å². The van der Waals surface area contributed by atoms with Gasteiger partial charge in [-0.3, -0.25) is 9.78 Å². The number of pyridine rings is 2. The van der Waals surface area contributed by atoms with Crippen molar-refractivity contribution in [1.29, 1.82) is 0 Å². The molecule has 2 aromatic heterocycles. The summed E-state index contributed by atoms with van der Waals surface area (Å²) in [5.74, 6) is 5.26. The summed E-state index contributed by atoms with van der Waals surface area (Å²) < 4.78 is 17.0. The lowest BCUT2D eigenvalue weighted by Gasteiger charge is -2.07. The number of nitrogens with zero attached hydrogens (tertiary/aromatic N) is 3. The van der Waals surface area contributed by atoms with Crippen molar-refractivity contribution in [2.24, 2.45) is 4.36 Å². The second-order valence-electron chi connectivity index (χ2n) is 6.45. The molecule has 0 N–H and O–H groups in total. The van der Waals surface area contributed by atoms with Crippen LogP contribution in [0.25, 0.3) is 0 Å². The van der Waals surface area contributed by atoms with Crippen molar-refractivity contribution in [3.8, 4) is 11.8 Å². The Bertz CT molecular complexity index is 1200. The van der Waals surface area contributed by atoms with Crippen LogP contribution < -0.4 is 0 Å². The van der Waals surface area contributed by atoms with Crippen LogP contribution in [0.5, 0.6) is 0 Å². The molecule has 3 aromatic rings. The first kappa shape index (κ1) is 19.5. The molecule has 5 nitrogen and oxygen atoms in total. The first-order chi connectivity index (χ1) is 13.3. The summed E-state index contributed by atoms with van der Waals surface area (Å²) in [6, 6.07) is 12.6. The van der Waals surface area contributed by atoms with Gasteiger partial charge >= 0.3 is 0 Å². The van der Waals surface area contributed by atoms with E-state index in [0.29, 0.717) is 16.2 Å². The largest absolute Gasteiger partial charge is 0.286 e. The van der Waals surface area contributed by atoms with Gasteiger partial charge in [-0.2, -0.15) is 4.36 Å². The molecule has 0 fully saturated rings. The number of rotatable bonds is 2. The maximum absolute atomic E-state index is 13.0. The summed E-state index contributed by atoms with van der Waals surface area (Å²) in [5.41, 5.74) is 3.36. The highest BCUT2D eigenvalue weighted by molar-refractivity contribution is 7.93. The number of hydrogen-bond acceptors (Lipinski definition) is 4. The van der Waals surface area contributed by atoms with E-state index >= 15 is 0 Å². The zero-order valence-corrected chi connectivity index (χ0v) is 16.7. The van der Waals surface area contributed by atoms with Crippen LogP contribution in [0, 0.1) is 25.7 Å². The van der Waals surface area contributed by atoms with Gasteiger partial charge in [0.25, 0.3) is 5.91 Å². The third-order valence-corrected chi connectivity index (χ3v) is 5.50. The van der Waals surface area contributed by atoms with E-state index in [2.05, 4.69) is 26.2 Å². The number of carbonyl (C=O) groups is 1. The average molecular weight is 389 g/mol. The lowest BCUT2D eigenvalue weighted by Crippen LogP contribution is -2.05. The molecule has 1 aromatic carbocycles. The van der Waals surface area contributed by atoms with E-state index in [-0.39, 0.29) is 5.56 Å². The van der Waals surface area contributed by atoms with E-state index in [1.54, 1.807) is 36.7 Å². The van der Waals surface area contributed by atoms with Gasteiger partial charge in [-0.1, -0.05) is 18.1 Å². The van der Waals surface area contributed by atoms with Crippen LogP contribution in [0.4, 0.5) is 0 Å². The molecule has 0 spiro atoms. The fourth-order valence-electron chi connectivity index (χ4n) is 2.61. The maximum atomic E-state index is 13.0. The minimum atomic E-state index is -2.87. The molecular weight excluding hydrogens is 370 g/mol. The second-order valence-corrected chi connectivity index (χ2v) is 8.71. The molecule has 3 rings (SSSR count). The fourth-order valence-corrected chi connectivity index (χ4v) is 3.95. The highest BCUT2D eigenvalue weighted by atomic mass is 32.2. The van der Waals surface area contributed by atoms with Crippen molar-refractivity contribution < 1.29 is 9.00 Å². The zero-order chi connectivity index (χ0) is 20.1. The van der Waals surface area contributed by atoms with Gasteiger partial charge < -0.3 is 0 Å². The van der Waals surface area contributed by atoms with E-state index in [4.69, 9.17) is 0 Å². The van der Waals surface area contributed by atoms with E-state index < -0.39 is 15.6 Å². The normalized spacial score (nSPS) is 12.4. The van der Waals surface area contributed by atoms with E-state index in [1.165, 1.54) is 12.5 Å². The highest BCUT2D eigenvalue weighted by Crippen LogP contribution is 2.17. The first-order valence-corrected chi connectivity index (χ1v) is 10.5. The Labute approximate surface area is 165 Å². The van der Waals surface area contributed by atoms with Gasteiger partial charge in [0.1, 0.15) is 5.69 Å². The van der Waals surface area contributed by atoms with E-state index in [0.717, 1.165) is 11.1 Å². The number of aromatic nitrogens is 2. The molecule has 0 saturated heterocycles. The molecule has 1 unspecified atom stereocenters. The van der Waals surface area contributed by atoms with Gasteiger partial charge in [0.15, 0.2) is 0 Å². The molecule has 0 saturated carbocycles. The van der Waals surface area contributed by atoms with Crippen LogP contribution >= 0.6 is 0 Å². The topological polar surface area (TPSA) is 72.3 Å². The number of amides is 1. The lowest BCUT2D eigenvalue weighted by atomic mass is 10.2. The minimum absolute atomic E-state index is 0.242. The predicted octanol–water partition coefficient (Wildman–Crippen LogP) is 3.79. The van der Waals surface area contributed by atoms with Gasteiger partial charge in [0, 0.05) is 35.3 Å². The van der Waals surface area contributed by atoms with E-state index in [9.17, 15) is 9.00 Å². The molecular formula is C22H19N3O2S. The summed E-state index contributed by atoms with van der Waals surface area (Å²) in [7, 11) is -2.87. The van der Waals surface area contributed by atoms with Gasteiger partial charge in [0.2, 0.25) is 0 Å². The Morgan fingerprint density at radius 3 is 2.46 bits per heavy atom. The Hall–Kier alpha value is -3.30. The van der Waals surface area contributed by atoms with Crippen molar-refractivity contribution >= 4 is 15.6 Å². The third-order valence-electron chi connectivity index (χ3n) is 3.87. The van der Waals surface area contributed by atoms with Gasteiger partial charge in [-0.15, -0.1) is 0 Å². The summed E-state index contributed by atoms with van der Waals surface area (Å²) >= 11 is 0. The molecule has 0 aliphatic rings. The van der Waals surface area contributed by atoms with Crippen molar-refractivity contribution in [2.75, 3.05) is 6.26 Å². The Morgan fingerprint density at radius 2 is 1.79 bits per heavy atom. The smallest absolute Gasteiger partial charge is 0.266 e. The van der Waals surface area contributed by atoms with Gasteiger partial charge in [0.05, 0.1) is 15.3 Å². The fraction of sp³-hybridized carbons (Fsp3) is 0.136. The summed E-state index contributed by atoms with van der Waals surface area (Å²) in [4.78, 5) is 21.3. The average Bonchev–Trinajstić information content (AvgIpc) is 2.66. The quantitative estimate of drug-likeness (QED) is 0.625. The van der Waals surface area contributed by atoms with Crippen molar-refractivity contribution in [1.82, 2.24) is 9.97 Å². The van der Waals surface area contributed by atoms with Crippen molar-refractivity contribution in [2.45, 2.75) is 18.7 Å². The molecule has 0 aliphatic carbocycles. The summed E-state index contributed by atoms with van der Waals surface area (Å²) in [6.07, 6.45) is 6.08. The van der Waals surface area contributed by atoms with Crippen LogP contribution in [0.3, 0.4) is 0 Å². The number of benzene rings is 1. The molecule has 0 bridgehead atoms. The van der Waals surface area contributed by atoms with Gasteiger partial charge in [-0.05, 0) is 61.2 Å². The number of aryl methyl sites for hydroxylation is 2. The molecule has 0 aliphatic heterocycles. The molecule has 1 amide bonds. The van der Waals surface area contributed by atoms with Gasteiger partial charge in [-0.25, -0.2) is 9.19 Å². The summed E-state index contributed by atoms with van der Waals surface area (Å²) in [5, 5.41) is 0. The standard InChI is InChI=1S/C22H19N3O2S/c1-16-10-17(2)12-21(11-16)28(3,27)25-22(26)19-13-18(14-23-15-19)7-8-20-6-4-5-9-24-20/h4-6,9-15H,1-3H3. The predicted molar refractivity (Wildman–Crippen MR) is 109 cm³/mol. The molecule has 28 heavy (non-hydrogen) atoms. The molecule has 1 atom stereocenters. The van der Waals surface area contributed by atoms with Crippen molar-refractivity contribution in [3.05, 3.63) is 89.0 Å². The van der Waals surface area contributed by atoms with Crippen LogP contribution in [0.15, 0.2) is 70.3 Å². The molecule has 2 heterocycles. The molecule has 6 heteroatoms. The molecule has 140 valence electrons. The highest BCUT2D eigenvalue weighted by Gasteiger charge is 2.13. The summed E-state index contributed by atoms with van der Waals surface area (Å²) in [6.45, 7) is 3.84. The number of carbonyl (C=O) groups excluding carboxylic acids is 1.